The number of aromatic nitrogens is 2. The van der Waals surface area contributed by atoms with Crippen molar-refractivity contribution in [1.29, 1.82) is 0 Å². The SMILES string of the molecule is O=C(NNc1ccccc1)c1cnc(-c2cccc([N+](=O)[O-])c2)nc1. The quantitative estimate of drug-likeness (QED) is 0.548. The van der Waals surface area contributed by atoms with E-state index in [0.29, 0.717) is 11.4 Å². The number of hydrogen-bond acceptors (Lipinski definition) is 6. The maximum atomic E-state index is 12.1. The van der Waals surface area contributed by atoms with Crippen molar-refractivity contribution >= 4 is 17.3 Å². The number of hydrazine groups is 1. The number of nitrogens with one attached hydrogen (secondary N) is 2. The minimum absolute atomic E-state index is 0.0463. The Labute approximate surface area is 142 Å². The van der Waals surface area contributed by atoms with Crippen molar-refractivity contribution in [2.24, 2.45) is 0 Å². The molecule has 0 unspecified atom stereocenters. The summed E-state index contributed by atoms with van der Waals surface area (Å²) in [5, 5.41) is 10.8. The summed E-state index contributed by atoms with van der Waals surface area (Å²) in [5.74, 6) is -0.0919. The topological polar surface area (TPSA) is 110 Å². The Balaban J connectivity index is 1.70. The van der Waals surface area contributed by atoms with E-state index in [1.807, 2.05) is 30.3 Å². The zero-order valence-electron chi connectivity index (χ0n) is 12.9. The van der Waals surface area contributed by atoms with E-state index in [1.165, 1.54) is 24.5 Å². The highest BCUT2D eigenvalue weighted by Crippen LogP contribution is 2.20. The van der Waals surface area contributed by atoms with E-state index in [-0.39, 0.29) is 11.3 Å². The molecular weight excluding hydrogens is 322 g/mol. The fourth-order valence-electron chi connectivity index (χ4n) is 2.08. The summed E-state index contributed by atoms with van der Waals surface area (Å²) in [6.07, 6.45) is 2.73. The van der Waals surface area contributed by atoms with E-state index < -0.39 is 10.8 Å². The maximum Gasteiger partial charge on any atom is 0.272 e. The molecule has 1 aromatic heterocycles. The van der Waals surface area contributed by atoms with Crippen LogP contribution in [0.3, 0.4) is 0 Å². The van der Waals surface area contributed by atoms with E-state index >= 15 is 0 Å². The molecule has 8 heteroatoms. The number of non-ortho nitro benzene ring substituents is 1. The largest absolute Gasteiger partial charge is 0.298 e. The van der Waals surface area contributed by atoms with Gasteiger partial charge in [-0.2, -0.15) is 0 Å². The second kappa shape index (κ2) is 7.18. The number of hydrogen-bond donors (Lipinski definition) is 2. The van der Waals surface area contributed by atoms with Crippen molar-refractivity contribution < 1.29 is 9.72 Å². The lowest BCUT2D eigenvalue weighted by Gasteiger charge is -2.08. The second-order valence-corrected chi connectivity index (χ2v) is 5.05. The molecule has 0 spiro atoms. The van der Waals surface area contributed by atoms with Gasteiger partial charge in [0.25, 0.3) is 11.6 Å². The molecule has 2 N–H and O–H groups in total. The van der Waals surface area contributed by atoms with Gasteiger partial charge in [-0.1, -0.05) is 30.3 Å². The van der Waals surface area contributed by atoms with Crippen LogP contribution in [-0.2, 0) is 0 Å². The summed E-state index contributed by atoms with van der Waals surface area (Å²) in [6, 6.07) is 15.2. The van der Waals surface area contributed by atoms with Gasteiger partial charge in [-0.3, -0.25) is 25.8 Å². The normalized spacial score (nSPS) is 10.1. The Morgan fingerprint density at radius 3 is 2.40 bits per heavy atom. The molecule has 0 aliphatic heterocycles. The molecular formula is C17H13N5O3. The average molecular weight is 335 g/mol. The molecule has 0 saturated heterocycles. The van der Waals surface area contributed by atoms with Crippen LogP contribution in [0.15, 0.2) is 67.0 Å². The number of carbonyl (C=O) groups excluding carboxylic acids is 1. The summed E-state index contributed by atoms with van der Waals surface area (Å²) in [6.45, 7) is 0. The van der Waals surface area contributed by atoms with Crippen molar-refractivity contribution in [2.45, 2.75) is 0 Å². The Hall–Kier alpha value is -3.81. The number of carbonyl (C=O) groups is 1. The number of anilines is 1. The molecule has 3 aromatic rings. The second-order valence-electron chi connectivity index (χ2n) is 5.05. The van der Waals surface area contributed by atoms with Gasteiger partial charge >= 0.3 is 0 Å². The van der Waals surface area contributed by atoms with Gasteiger partial charge in [0.2, 0.25) is 0 Å². The van der Waals surface area contributed by atoms with Crippen LogP contribution in [0.1, 0.15) is 10.4 Å². The molecule has 124 valence electrons. The Bertz CT molecular complexity index is 898. The fraction of sp³-hybridized carbons (Fsp3) is 0. The highest BCUT2D eigenvalue weighted by atomic mass is 16.6. The highest BCUT2D eigenvalue weighted by Gasteiger charge is 2.11. The first-order chi connectivity index (χ1) is 12.1. The molecule has 0 saturated carbocycles. The lowest BCUT2D eigenvalue weighted by Crippen LogP contribution is -2.29. The molecule has 1 heterocycles. The molecule has 0 aliphatic rings. The van der Waals surface area contributed by atoms with Crippen molar-refractivity contribution in [2.75, 3.05) is 5.43 Å². The summed E-state index contributed by atoms with van der Waals surface area (Å²) in [7, 11) is 0. The van der Waals surface area contributed by atoms with Gasteiger partial charge in [-0.15, -0.1) is 0 Å². The number of nitro benzene ring substituents is 1. The zero-order chi connectivity index (χ0) is 17.6. The summed E-state index contributed by atoms with van der Waals surface area (Å²) < 4.78 is 0. The van der Waals surface area contributed by atoms with Crippen LogP contribution in [0.2, 0.25) is 0 Å². The van der Waals surface area contributed by atoms with E-state index in [1.54, 1.807) is 12.1 Å². The molecule has 0 aliphatic carbocycles. The van der Waals surface area contributed by atoms with Crippen LogP contribution < -0.4 is 10.9 Å². The Morgan fingerprint density at radius 1 is 1.00 bits per heavy atom. The maximum absolute atomic E-state index is 12.1. The molecule has 3 rings (SSSR count). The predicted octanol–water partition coefficient (Wildman–Crippen LogP) is 2.81. The number of benzene rings is 2. The number of amides is 1. The molecule has 0 fully saturated rings. The number of nitro groups is 1. The van der Waals surface area contributed by atoms with Gasteiger partial charge in [0, 0.05) is 30.1 Å². The molecule has 2 aromatic carbocycles. The number of rotatable bonds is 5. The van der Waals surface area contributed by atoms with E-state index in [9.17, 15) is 14.9 Å². The van der Waals surface area contributed by atoms with Crippen molar-refractivity contribution in [3.05, 3.63) is 82.7 Å². The smallest absolute Gasteiger partial charge is 0.272 e. The van der Waals surface area contributed by atoms with Crippen molar-refractivity contribution in [1.82, 2.24) is 15.4 Å². The Morgan fingerprint density at radius 2 is 1.72 bits per heavy atom. The van der Waals surface area contributed by atoms with Crippen LogP contribution >= 0.6 is 0 Å². The third-order valence-corrected chi connectivity index (χ3v) is 3.32. The first-order valence-corrected chi connectivity index (χ1v) is 7.32. The fourth-order valence-corrected chi connectivity index (χ4v) is 2.08. The standard InChI is InChI=1S/C17H13N5O3/c23-17(21-20-14-6-2-1-3-7-14)13-10-18-16(19-11-13)12-5-4-8-15(9-12)22(24)25/h1-11,20H,(H,21,23). The van der Waals surface area contributed by atoms with Gasteiger partial charge in [-0.05, 0) is 12.1 Å². The van der Waals surface area contributed by atoms with Crippen LogP contribution in [0, 0.1) is 10.1 Å². The van der Waals surface area contributed by atoms with Crippen LogP contribution in [-0.4, -0.2) is 20.8 Å². The monoisotopic (exact) mass is 335 g/mol. The minimum atomic E-state index is -0.486. The first-order valence-electron chi connectivity index (χ1n) is 7.32. The highest BCUT2D eigenvalue weighted by molar-refractivity contribution is 5.94. The van der Waals surface area contributed by atoms with Gasteiger partial charge in [0.1, 0.15) is 0 Å². The van der Waals surface area contributed by atoms with Gasteiger partial charge in [-0.25, -0.2) is 9.97 Å². The molecule has 0 bridgehead atoms. The predicted molar refractivity (Wildman–Crippen MR) is 91.7 cm³/mol. The molecule has 8 nitrogen and oxygen atoms in total. The summed E-state index contributed by atoms with van der Waals surface area (Å²) in [5.41, 5.74) is 6.78. The lowest BCUT2D eigenvalue weighted by molar-refractivity contribution is -0.384. The van der Waals surface area contributed by atoms with Crippen LogP contribution in [0.5, 0.6) is 0 Å². The first kappa shape index (κ1) is 16.1. The van der Waals surface area contributed by atoms with Crippen LogP contribution in [0.4, 0.5) is 11.4 Å². The molecule has 1 amide bonds. The number of nitrogens with zero attached hydrogens (tertiary/aromatic N) is 3. The Kier molecular flexibility index (Phi) is 4.61. The molecule has 0 atom stereocenters. The summed E-state index contributed by atoms with van der Waals surface area (Å²) >= 11 is 0. The van der Waals surface area contributed by atoms with E-state index in [2.05, 4.69) is 20.8 Å². The third kappa shape index (κ3) is 3.94. The van der Waals surface area contributed by atoms with Crippen LogP contribution in [0.25, 0.3) is 11.4 Å². The molecule has 0 radical (unpaired) electrons. The molecule has 25 heavy (non-hydrogen) atoms. The van der Waals surface area contributed by atoms with E-state index in [4.69, 9.17) is 0 Å². The van der Waals surface area contributed by atoms with Gasteiger partial charge in [0.05, 0.1) is 16.2 Å². The minimum Gasteiger partial charge on any atom is -0.298 e. The summed E-state index contributed by atoms with van der Waals surface area (Å²) in [4.78, 5) is 30.6. The van der Waals surface area contributed by atoms with Crippen molar-refractivity contribution in [3.8, 4) is 11.4 Å². The number of para-hydroxylation sites is 1. The zero-order valence-corrected chi connectivity index (χ0v) is 12.9. The van der Waals surface area contributed by atoms with Crippen molar-refractivity contribution in [3.63, 3.8) is 0 Å². The lowest BCUT2D eigenvalue weighted by atomic mass is 10.2. The van der Waals surface area contributed by atoms with Gasteiger partial charge in [0.15, 0.2) is 5.82 Å². The third-order valence-electron chi connectivity index (χ3n) is 3.32. The van der Waals surface area contributed by atoms with Gasteiger partial charge < -0.3 is 0 Å². The van der Waals surface area contributed by atoms with E-state index in [0.717, 1.165) is 5.69 Å². The average Bonchev–Trinajstić information content (AvgIpc) is 2.67.